The van der Waals surface area contributed by atoms with Crippen molar-refractivity contribution in [2.45, 2.75) is 32.6 Å². The molecule has 0 unspecified atom stereocenters. The van der Waals surface area contributed by atoms with Gasteiger partial charge in [-0.3, -0.25) is 4.79 Å². The molecule has 2 bridgehead atoms. The zero-order valence-corrected chi connectivity index (χ0v) is 21.7. The van der Waals surface area contributed by atoms with Crippen molar-refractivity contribution in [3.05, 3.63) is 141 Å². The van der Waals surface area contributed by atoms with Crippen molar-refractivity contribution in [2.75, 3.05) is 0 Å². The number of aromatic amines is 1. The van der Waals surface area contributed by atoms with Gasteiger partial charge in [0.25, 0.3) is 0 Å². The third kappa shape index (κ3) is 2.80. The summed E-state index contributed by atoms with van der Waals surface area (Å²) >= 11 is 0. The number of fused-ring (bicyclic) bond motifs is 3. The van der Waals surface area contributed by atoms with Gasteiger partial charge in [0.1, 0.15) is 0 Å². The average molecular weight is 490 g/mol. The number of carbonyl (C=O) groups is 1. The molecule has 3 aliphatic carbocycles. The number of hydrogen-bond donors (Lipinski definition) is 1. The Labute approximate surface area is 222 Å². The molecule has 1 aromatic heterocycles. The smallest absolute Gasteiger partial charge is 0.175 e. The van der Waals surface area contributed by atoms with Crippen LogP contribution in [0.2, 0.25) is 0 Å². The highest BCUT2D eigenvalue weighted by molar-refractivity contribution is 6.14. The van der Waals surface area contributed by atoms with Crippen LogP contribution in [0.25, 0.3) is 32.9 Å². The van der Waals surface area contributed by atoms with Crippen molar-refractivity contribution in [3.8, 4) is 11.1 Å². The lowest BCUT2D eigenvalue weighted by Gasteiger charge is -2.30. The quantitative estimate of drug-likeness (QED) is 0.246. The third-order valence-electron chi connectivity index (χ3n) is 8.81. The lowest BCUT2D eigenvalue weighted by molar-refractivity contribution is 0.0974. The van der Waals surface area contributed by atoms with Crippen molar-refractivity contribution in [2.24, 2.45) is 0 Å². The first-order valence-electron chi connectivity index (χ1n) is 13.4. The Hall–Kier alpha value is -4.43. The molecule has 0 saturated carbocycles. The number of ketones is 1. The predicted molar refractivity (Wildman–Crippen MR) is 155 cm³/mol. The van der Waals surface area contributed by atoms with E-state index in [4.69, 9.17) is 0 Å². The summed E-state index contributed by atoms with van der Waals surface area (Å²) in [6.45, 7) is 6.56. The van der Waals surface area contributed by atoms with Crippen LogP contribution >= 0.6 is 0 Å². The van der Waals surface area contributed by atoms with Gasteiger partial charge in [-0.25, -0.2) is 0 Å². The van der Waals surface area contributed by atoms with Crippen molar-refractivity contribution in [1.29, 1.82) is 0 Å². The first-order valence-corrected chi connectivity index (χ1v) is 13.4. The van der Waals surface area contributed by atoms with Gasteiger partial charge in [0, 0.05) is 33.3 Å². The molecule has 0 amide bonds. The Morgan fingerprint density at radius 1 is 0.579 bits per heavy atom. The van der Waals surface area contributed by atoms with Crippen LogP contribution in [0.5, 0.6) is 0 Å². The molecule has 0 radical (unpaired) electrons. The largest absolute Gasteiger partial charge is 0.354 e. The summed E-state index contributed by atoms with van der Waals surface area (Å²) in [6, 6.07) is 32.7. The van der Waals surface area contributed by atoms with Crippen LogP contribution in [-0.4, -0.2) is 10.8 Å². The van der Waals surface area contributed by atoms with E-state index in [1.54, 1.807) is 0 Å². The van der Waals surface area contributed by atoms with Crippen LogP contribution in [0.15, 0.2) is 91.0 Å². The zero-order chi connectivity index (χ0) is 25.7. The highest BCUT2D eigenvalue weighted by Crippen LogP contribution is 2.52. The Kier molecular flexibility index (Phi) is 4.30. The van der Waals surface area contributed by atoms with Crippen molar-refractivity contribution >= 4 is 27.6 Å². The molecule has 6 aromatic rings. The van der Waals surface area contributed by atoms with Crippen LogP contribution in [0.4, 0.5) is 0 Å². The topological polar surface area (TPSA) is 32.9 Å². The predicted octanol–water partition coefficient (Wildman–Crippen LogP) is 8.74. The minimum absolute atomic E-state index is 0.0548. The Balaban J connectivity index is 1.42. The van der Waals surface area contributed by atoms with Crippen LogP contribution in [0.1, 0.15) is 66.7 Å². The van der Waals surface area contributed by atoms with E-state index in [1.165, 1.54) is 49.7 Å². The molecule has 38 heavy (non-hydrogen) atoms. The molecule has 9 rings (SSSR count). The summed E-state index contributed by atoms with van der Waals surface area (Å²) in [5.41, 5.74) is 15.3. The average Bonchev–Trinajstić information content (AvgIpc) is 3.17. The molecule has 0 saturated heterocycles. The van der Waals surface area contributed by atoms with Crippen LogP contribution < -0.4 is 0 Å². The Morgan fingerprint density at radius 3 is 1.79 bits per heavy atom. The number of H-pyrrole nitrogens is 1. The SMILES string of the molecule is Cc1cc(C)c(-c2ccc3[nH]c4cc5c(cc4c3c2)C2c3ccccc3C(C5=O)c3ccccc32)c(C)c1. The normalized spacial score (nSPS) is 17.4. The van der Waals surface area contributed by atoms with Crippen molar-refractivity contribution in [3.63, 3.8) is 0 Å². The molecule has 0 fully saturated rings. The van der Waals surface area contributed by atoms with Crippen LogP contribution in [0, 0.1) is 20.8 Å². The van der Waals surface area contributed by atoms with Gasteiger partial charge >= 0.3 is 0 Å². The van der Waals surface area contributed by atoms with E-state index in [2.05, 4.69) is 117 Å². The molecular formula is C36H27NO. The van der Waals surface area contributed by atoms with Gasteiger partial charge in [0.15, 0.2) is 5.78 Å². The molecular weight excluding hydrogens is 462 g/mol. The summed E-state index contributed by atoms with van der Waals surface area (Å²) in [6.07, 6.45) is 0. The fourth-order valence-corrected chi connectivity index (χ4v) is 7.39. The van der Waals surface area contributed by atoms with Gasteiger partial charge < -0.3 is 4.98 Å². The monoisotopic (exact) mass is 489 g/mol. The summed E-state index contributed by atoms with van der Waals surface area (Å²) in [7, 11) is 0. The van der Waals surface area contributed by atoms with E-state index in [0.717, 1.165) is 33.3 Å². The third-order valence-corrected chi connectivity index (χ3v) is 8.81. The number of benzene rings is 5. The van der Waals surface area contributed by atoms with E-state index in [1.807, 2.05) is 0 Å². The maximum Gasteiger partial charge on any atom is 0.175 e. The van der Waals surface area contributed by atoms with Crippen LogP contribution in [-0.2, 0) is 0 Å². The van der Waals surface area contributed by atoms with Gasteiger partial charge in [0.2, 0.25) is 0 Å². The van der Waals surface area contributed by atoms with Crippen molar-refractivity contribution < 1.29 is 4.79 Å². The molecule has 2 heteroatoms. The lowest BCUT2D eigenvalue weighted by atomic mass is 9.72. The first kappa shape index (κ1) is 21.6. The van der Waals surface area contributed by atoms with Gasteiger partial charge in [-0.1, -0.05) is 72.3 Å². The zero-order valence-electron chi connectivity index (χ0n) is 21.7. The second-order valence-corrected chi connectivity index (χ2v) is 11.1. The van der Waals surface area contributed by atoms with E-state index >= 15 is 0 Å². The number of rotatable bonds is 1. The van der Waals surface area contributed by atoms with E-state index in [9.17, 15) is 4.79 Å². The number of aryl methyl sites for hydroxylation is 3. The summed E-state index contributed by atoms with van der Waals surface area (Å²) in [5.74, 6) is 0.00656. The minimum atomic E-state index is -0.249. The lowest BCUT2D eigenvalue weighted by Crippen LogP contribution is -2.19. The standard InChI is InChI=1S/C36H27NO/c1-19-14-20(2)33(21(3)15-19)22-12-13-31-27(16-22)28-17-29-30(18-32(28)37-31)36(38)35-25-10-6-4-8-23(25)34(29)24-9-5-7-11-26(24)35/h4-18,34-35,37H,1-3H3. The maximum absolute atomic E-state index is 14.2. The second kappa shape index (κ2) is 7.55. The highest BCUT2D eigenvalue weighted by Gasteiger charge is 2.42. The highest BCUT2D eigenvalue weighted by atomic mass is 16.1. The van der Waals surface area contributed by atoms with Crippen molar-refractivity contribution in [1.82, 2.24) is 4.98 Å². The number of Topliss-reactive ketones (excluding diaryl/α,β-unsaturated/α-hetero) is 1. The molecule has 5 aromatic carbocycles. The molecule has 0 aliphatic heterocycles. The number of nitrogens with one attached hydrogen (secondary N) is 1. The van der Waals surface area contributed by atoms with Gasteiger partial charge in [-0.05, 0) is 95.1 Å². The van der Waals surface area contributed by atoms with Gasteiger partial charge in [0.05, 0.1) is 5.92 Å². The summed E-state index contributed by atoms with van der Waals surface area (Å²) in [5, 5.41) is 2.38. The molecule has 182 valence electrons. The summed E-state index contributed by atoms with van der Waals surface area (Å²) < 4.78 is 0. The Bertz CT molecular complexity index is 1920. The minimum Gasteiger partial charge on any atom is -0.354 e. The molecule has 3 aliphatic rings. The van der Waals surface area contributed by atoms with E-state index in [-0.39, 0.29) is 17.6 Å². The summed E-state index contributed by atoms with van der Waals surface area (Å²) in [4.78, 5) is 17.8. The van der Waals surface area contributed by atoms with Gasteiger partial charge in [-0.2, -0.15) is 0 Å². The molecule has 0 atom stereocenters. The number of hydrogen-bond acceptors (Lipinski definition) is 1. The molecule has 0 spiro atoms. The van der Waals surface area contributed by atoms with Gasteiger partial charge in [-0.15, -0.1) is 0 Å². The van der Waals surface area contributed by atoms with E-state index < -0.39 is 0 Å². The van der Waals surface area contributed by atoms with E-state index in [0.29, 0.717) is 0 Å². The fraction of sp³-hybridized carbons (Fsp3) is 0.139. The molecule has 1 N–H and O–H groups in total. The molecule has 2 nitrogen and oxygen atoms in total. The van der Waals surface area contributed by atoms with Crippen LogP contribution in [0.3, 0.4) is 0 Å². The molecule has 1 heterocycles. The fourth-order valence-electron chi connectivity index (χ4n) is 7.39. The number of aromatic nitrogens is 1. The number of carbonyl (C=O) groups excluding carboxylic acids is 1. The second-order valence-electron chi connectivity index (χ2n) is 11.1. The first-order chi connectivity index (χ1) is 18.5. The maximum atomic E-state index is 14.2. The Morgan fingerprint density at radius 2 is 1.16 bits per heavy atom.